The molecule has 1 aliphatic heterocycles. The van der Waals surface area contributed by atoms with Crippen LogP contribution in [0.4, 0.5) is 5.82 Å². The molecule has 1 unspecified atom stereocenters. The molecule has 3 rings (SSSR count). The predicted octanol–water partition coefficient (Wildman–Crippen LogP) is 1.15. The Hall–Kier alpha value is -1.40. The second-order valence-corrected chi connectivity index (χ2v) is 5.14. The predicted molar refractivity (Wildman–Crippen MR) is 71.0 cm³/mol. The van der Waals surface area contributed by atoms with E-state index in [2.05, 4.69) is 44.1 Å². The van der Waals surface area contributed by atoms with Crippen LogP contribution in [0.3, 0.4) is 0 Å². The van der Waals surface area contributed by atoms with E-state index in [4.69, 9.17) is 11.6 Å². The highest BCUT2D eigenvalue weighted by molar-refractivity contribution is 6.28. The minimum Gasteiger partial charge on any atom is -0.354 e. The van der Waals surface area contributed by atoms with Gasteiger partial charge in [0, 0.05) is 19.1 Å². The zero-order valence-electron chi connectivity index (χ0n) is 10.4. The van der Waals surface area contributed by atoms with Gasteiger partial charge >= 0.3 is 0 Å². The van der Waals surface area contributed by atoms with Crippen molar-refractivity contribution in [1.82, 2.24) is 25.1 Å². The normalized spacial score (nSPS) is 20.2. The fourth-order valence-corrected chi connectivity index (χ4v) is 2.55. The molecule has 7 heteroatoms. The maximum atomic E-state index is 5.95. The molecule has 1 saturated heterocycles. The number of nitrogens with one attached hydrogen (secondary N) is 1. The van der Waals surface area contributed by atoms with E-state index in [-0.39, 0.29) is 5.28 Å². The van der Waals surface area contributed by atoms with Crippen molar-refractivity contribution in [3.63, 3.8) is 0 Å². The fraction of sp³-hybridized carbons (Fsp3) is 0.545. The number of anilines is 1. The Morgan fingerprint density at radius 2 is 2.28 bits per heavy atom. The molecule has 0 spiro atoms. The number of rotatable bonds is 2. The lowest BCUT2D eigenvalue weighted by Crippen LogP contribution is -2.31. The van der Waals surface area contributed by atoms with E-state index in [9.17, 15) is 0 Å². The molecule has 0 saturated carbocycles. The lowest BCUT2D eigenvalue weighted by molar-refractivity contribution is 0.315. The van der Waals surface area contributed by atoms with Crippen molar-refractivity contribution in [3.05, 3.63) is 11.5 Å². The summed E-state index contributed by atoms with van der Waals surface area (Å²) in [6.45, 7) is 1.94. The molecule has 2 aromatic heterocycles. The summed E-state index contributed by atoms with van der Waals surface area (Å²) in [6.07, 6.45) is 2.89. The Labute approximate surface area is 110 Å². The number of fused-ring (bicyclic) bond motifs is 1. The highest BCUT2D eigenvalue weighted by atomic mass is 35.5. The van der Waals surface area contributed by atoms with Gasteiger partial charge in [-0.2, -0.15) is 15.1 Å². The summed E-state index contributed by atoms with van der Waals surface area (Å²) in [6, 6.07) is 0.556. The molecule has 0 aromatic carbocycles. The number of hydrogen-bond donors (Lipinski definition) is 1. The number of likely N-dealkylation sites (N-methyl/N-ethyl adjacent to an activating group) is 1. The monoisotopic (exact) mass is 266 g/mol. The summed E-state index contributed by atoms with van der Waals surface area (Å²) in [5.74, 6) is 0.878. The molecule has 1 fully saturated rings. The van der Waals surface area contributed by atoms with E-state index < -0.39 is 0 Å². The third-order valence-electron chi connectivity index (χ3n) is 3.46. The zero-order chi connectivity index (χ0) is 12.7. The van der Waals surface area contributed by atoms with Crippen molar-refractivity contribution in [2.24, 2.45) is 0 Å². The maximum Gasteiger partial charge on any atom is 0.226 e. The molecule has 0 amide bonds. The Kier molecular flexibility index (Phi) is 2.83. The van der Waals surface area contributed by atoms with Gasteiger partial charge in [-0.05, 0) is 32.1 Å². The molecule has 1 atom stereocenters. The van der Waals surface area contributed by atoms with Crippen molar-refractivity contribution in [3.8, 4) is 0 Å². The van der Waals surface area contributed by atoms with E-state index >= 15 is 0 Å². The summed E-state index contributed by atoms with van der Waals surface area (Å²) in [4.78, 5) is 13.0. The van der Waals surface area contributed by atoms with Crippen LogP contribution in [0, 0.1) is 0 Å². The number of aromatic nitrogens is 4. The third kappa shape index (κ3) is 1.91. The van der Waals surface area contributed by atoms with Gasteiger partial charge in [-0.15, -0.1) is 0 Å². The molecule has 6 nitrogen and oxygen atoms in total. The Balaban J connectivity index is 1.97. The van der Waals surface area contributed by atoms with Gasteiger partial charge in [-0.3, -0.25) is 5.10 Å². The minimum absolute atomic E-state index is 0.259. The van der Waals surface area contributed by atoms with Crippen molar-refractivity contribution >= 4 is 28.5 Å². The van der Waals surface area contributed by atoms with Crippen LogP contribution in [-0.2, 0) is 0 Å². The molecule has 3 heterocycles. The quantitative estimate of drug-likeness (QED) is 0.826. The van der Waals surface area contributed by atoms with Gasteiger partial charge < -0.3 is 9.80 Å². The van der Waals surface area contributed by atoms with Crippen LogP contribution in [0.25, 0.3) is 11.0 Å². The van der Waals surface area contributed by atoms with Gasteiger partial charge in [0.05, 0.1) is 11.6 Å². The third-order valence-corrected chi connectivity index (χ3v) is 3.62. The Bertz CT molecular complexity index is 566. The zero-order valence-corrected chi connectivity index (χ0v) is 11.1. The molecule has 0 radical (unpaired) electrons. The van der Waals surface area contributed by atoms with Crippen LogP contribution in [0.15, 0.2) is 6.20 Å². The SMILES string of the molecule is CN(C)C1CCN(c2nc(Cl)nc3[nH]ncc23)C1. The molecule has 0 bridgehead atoms. The average Bonchev–Trinajstić information content (AvgIpc) is 2.95. The topological polar surface area (TPSA) is 60.9 Å². The van der Waals surface area contributed by atoms with E-state index in [0.717, 1.165) is 30.7 Å². The first-order valence-electron chi connectivity index (χ1n) is 5.93. The van der Waals surface area contributed by atoms with Gasteiger partial charge in [-0.1, -0.05) is 0 Å². The summed E-state index contributed by atoms with van der Waals surface area (Å²) in [5, 5.41) is 8.03. The number of nitrogens with zero attached hydrogens (tertiary/aromatic N) is 5. The van der Waals surface area contributed by atoms with Crippen molar-refractivity contribution in [1.29, 1.82) is 0 Å². The largest absolute Gasteiger partial charge is 0.354 e. The number of halogens is 1. The summed E-state index contributed by atoms with van der Waals surface area (Å²) in [5.41, 5.74) is 0.693. The van der Waals surface area contributed by atoms with Crippen LogP contribution in [-0.4, -0.2) is 58.3 Å². The van der Waals surface area contributed by atoms with Crippen LogP contribution < -0.4 is 4.90 Å². The first-order chi connectivity index (χ1) is 8.65. The minimum atomic E-state index is 0.259. The van der Waals surface area contributed by atoms with Crippen LogP contribution in [0.1, 0.15) is 6.42 Å². The summed E-state index contributed by atoms with van der Waals surface area (Å²) >= 11 is 5.95. The van der Waals surface area contributed by atoms with Crippen LogP contribution in [0.5, 0.6) is 0 Å². The molecular weight excluding hydrogens is 252 g/mol. The second-order valence-electron chi connectivity index (χ2n) is 4.80. The van der Waals surface area contributed by atoms with E-state index in [0.29, 0.717) is 11.7 Å². The standard InChI is InChI=1S/C11H15ClN6/c1-17(2)7-3-4-18(6-7)10-8-5-13-16-9(8)14-11(12)15-10/h5,7H,3-4,6H2,1-2H3,(H,13,14,15,16). The fourth-order valence-electron chi connectivity index (χ4n) is 2.39. The highest BCUT2D eigenvalue weighted by Gasteiger charge is 2.26. The second kappa shape index (κ2) is 4.37. The molecule has 0 aliphatic carbocycles. The Morgan fingerprint density at radius 1 is 1.44 bits per heavy atom. The maximum absolute atomic E-state index is 5.95. The average molecular weight is 267 g/mol. The van der Waals surface area contributed by atoms with Crippen LogP contribution in [0.2, 0.25) is 5.28 Å². The molecular formula is C11H15ClN6. The van der Waals surface area contributed by atoms with Gasteiger partial charge in [-0.25, -0.2) is 0 Å². The van der Waals surface area contributed by atoms with E-state index in [1.54, 1.807) is 6.20 Å². The lowest BCUT2D eigenvalue weighted by atomic mass is 10.2. The van der Waals surface area contributed by atoms with Crippen molar-refractivity contribution < 1.29 is 0 Å². The van der Waals surface area contributed by atoms with E-state index in [1.807, 2.05) is 0 Å². The first kappa shape index (κ1) is 11.7. The molecule has 18 heavy (non-hydrogen) atoms. The molecule has 2 aromatic rings. The van der Waals surface area contributed by atoms with Crippen molar-refractivity contribution in [2.75, 3.05) is 32.1 Å². The Morgan fingerprint density at radius 3 is 3.00 bits per heavy atom. The van der Waals surface area contributed by atoms with Gasteiger partial charge in [0.15, 0.2) is 5.65 Å². The van der Waals surface area contributed by atoms with Gasteiger partial charge in [0.25, 0.3) is 0 Å². The number of hydrogen-bond acceptors (Lipinski definition) is 5. The lowest BCUT2D eigenvalue weighted by Gasteiger charge is -2.21. The van der Waals surface area contributed by atoms with Crippen LogP contribution >= 0.6 is 11.6 Å². The van der Waals surface area contributed by atoms with Crippen molar-refractivity contribution in [2.45, 2.75) is 12.5 Å². The molecule has 1 N–H and O–H groups in total. The summed E-state index contributed by atoms with van der Waals surface area (Å²) < 4.78 is 0. The highest BCUT2D eigenvalue weighted by Crippen LogP contribution is 2.27. The van der Waals surface area contributed by atoms with Gasteiger partial charge in [0.2, 0.25) is 5.28 Å². The molecule has 1 aliphatic rings. The number of H-pyrrole nitrogens is 1. The first-order valence-corrected chi connectivity index (χ1v) is 6.31. The van der Waals surface area contributed by atoms with E-state index in [1.165, 1.54) is 0 Å². The summed E-state index contributed by atoms with van der Waals surface area (Å²) in [7, 11) is 4.21. The number of aromatic amines is 1. The smallest absolute Gasteiger partial charge is 0.226 e. The molecule has 96 valence electrons. The van der Waals surface area contributed by atoms with Gasteiger partial charge in [0.1, 0.15) is 5.82 Å².